The normalized spacial score (nSPS) is 14.4. The van der Waals surface area contributed by atoms with E-state index in [1.807, 2.05) is 36.1 Å². The van der Waals surface area contributed by atoms with Gasteiger partial charge in [-0.3, -0.25) is 9.48 Å². The van der Waals surface area contributed by atoms with Gasteiger partial charge in [-0.25, -0.2) is 0 Å². The van der Waals surface area contributed by atoms with Crippen LogP contribution in [-0.2, 0) is 6.54 Å². The fourth-order valence-corrected chi connectivity index (χ4v) is 3.23. The van der Waals surface area contributed by atoms with Crippen LogP contribution >= 0.6 is 0 Å². The van der Waals surface area contributed by atoms with Gasteiger partial charge in [0.2, 0.25) is 0 Å². The number of aromatic nitrogens is 2. The van der Waals surface area contributed by atoms with Gasteiger partial charge in [-0.1, -0.05) is 0 Å². The first kappa shape index (κ1) is 17.3. The largest absolute Gasteiger partial charge is 0.497 e. The number of methoxy groups -OCH3 is 2. The molecule has 134 valence electrons. The standard InChI is InChI=1S/C19H25N3O3/c1-4-22-17(19(23)21-10-6-5-7-11-21)13-16(20-22)15-9-8-14(24-2)12-18(15)25-3/h8-9,12-13H,4-7,10-11H2,1-3H3. The molecule has 25 heavy (non-hydrogen) atoms. The van der Waals surface area contributed by atoms with Crippen LogP contribution in [-0.4, -0.2) is 47.9 Å². The maximum atomic E-state index is 12.9. The van der Waals surface area contributed by atoms with Crippen LogP contribution in [0, 0.1) is 0 Å². The fourth-order valence-electron chi connectivity index (χ4n) is 3.23. The van der Waals surface area contributed by atoms with Gasteiger partial charge in [0, 0.05) is 31.3 Å². The summed E-state index contributed by atoms with van der Waals surface area (Å²) >= 11 is 0. The van der Waals surface area contributed by atoms with E-state index in [1.165, 1.54) is 6.42 Å². The molecule has 1 fully saturated rings. The van der Waals surface area contributed by atoms with Crippen molar-refractivity contribution >= 4 is 5.91 Å². The molecule has 2 aromatic rings. The van der Waals surface area contributed by atoms with Gasteiger partial charge in [0.05, 0.1) is 19.9 Å². The molecule has 0 bridgehead atoms. The van der Waals surface area contributed by atoms with Crippen molar-refractivity contribution in [2.45, 2.75) is 32.7 Å². The van der Waals surface area contributed by atoms with E-state index < -0.39 is 0 Å². The SMILES string of the molecule is CCn1nc(-c2ccc(OC)cc2OC)cc1C(=O)N1CCCCC1. The molecule has 0 aliphatic carbocycles. The molecule has 2 heterocycles. The number of rotatable bonds is 5. The maximum absolute atomic E-state index is 12.9. The number of nitrogens with zero attached hydrogens (tertiary/aromatic N) is 3. The minimum absolute atomic E-state index is 0.0628. The summed E-state index contributed by atoms with van der Waals surface area (Å²) in [5, 5.41) is 4.63. The summed E-state index contributed by atoms with van der Waals surface area (Å²) in [6.07, 6.45) is 3.35. The zero-order chi connectivity index (χ0) is 17.8. The number of amides is 1. The Kier molecular flexibility index (Phi) is 5.26. The lowest BCUT2D eigenvalue weighted by atomic mass is 10.1. The topological polar surface area (TPSA) is 56.6 Å². The molecule has 6 nitrogen and oxygen atoms in total. The first-order valence-corrected chi connectivity index (χ1v) is 8.77. The quantitative estimate of drug-likeness (QED) is 0.836. The van der Waals surface area contributed by atoms with Gasteiger partial charge in [0.1, 0.15) is 17.2 Å². The van der Waals surface area contributed by atoms with Crippen LogP contribution in [0.15, 0.2) is 24.3 Å². The van der Waals surface area contributed by atoms with Crippen molar-refractivity contribution in [3.05, 3.63) is 30.0 Å². The van der Waals surface area contributed by atoms with E-state index >= 15 is 0 Å². The van der Waals surface area contributed by atoms with Crippen molar-refractivity contribution in [2.24, 2.45) is 0 Å². The molecule has 0 unspecified atom stereocenters. The fraction of sp³-hybridized carbons (Fsp3) is 0.474. The van der Waals surface area contributed by atoms with Crippen molar-refractivity contribution in [1.29, 1.82) is 0 Å². The summed E-state index contributed by atoms with van der Waals surface area (Å²) in [5.41, 5.74) is 2.22. The van der Waals surface area contributed by atoms with Crippen LogP contribution in [0.2, 0.25) is 0 Å². The molecule has 1 saturated heterocycles. The van der Waals surface area contributed by atoms with Crippen LogP contribution in [0.4, 0.5) is 0 Å². The molecule has 1 aliphatic rings. The monoisotopic (exact) mass is 343 g/mol. The van der Waals surface area contributed by atoms with E-state index in [4.69, 9.17) is 9.47 Å². The molecule has 1 aliphatic heterocycles. The predicted molar refractivity (Wildman–Crippen MR) is 96.2 cm³/mol. The number of benzene rings is 1. The zero-order valence-electron chi connectivity index (χ0n) is 15.1. The van der Waals surface area contributed by atoms with Gasteiger partial charge in [0.25, 0.3) is 5.91 Å². The molecule has 0 atom stereocenters. The Morgan fingerprint density at radius 3 is 2.52 bits per heavy atom. The van der Waals surface area contributed by atoms with Crippen molar-refractivity contribution in [1.82, 2.24) is 14.7 Å². The number of hydrogen-bond acceptors (Lipinski definition) is 4. The Labute approximate surface area is 148 Å². The second kappa shape index (κ2) is 7.59. The van der Waals surface area contributed by atoms with E-state index in [0.717, 1.165) is 42.9 Å². The summed E-state index contributed by atoms with van der Waals surface area (Å²) in [7, 11) is 3.24. The number of piperidine rings is 1. The van der Waals surface area contributed by atoms with Crippen molar-refractivity contribution < 1.29 is 14.3 Å². The molecule has 0 radical (unpaired) electrons. The van der Waals surface area contributed by atoms with E-state index in [1.54, 1.807) is 18.9 Å². The molecular weight excluding hydrogens is 318 g/mol. The molecule has 3 rings (SSSR count). The Hall–Kier alpha value is -2.50. The Morgan fingerprint density at radius 2 is 1.88 bits per heavy atom. The second-order valence-corrected chi connectivity index (χ2v) is 6.15. The van der Waals surface area contributed by atoms with Crippen LogP contribution in [0.5, 0.6) is 11.5 Å². The lowest BCUT2D eigenvalue weighted by Gasteiger charge is -2.26. The first-order chi connectivity index (χ1) is 12.2. The summed E-state index contributed by atoms with van der Waals surface area (Å²) in [4.78, 5) is 14.8. The number of carbonyl (C=O) groups is 1. The minimum atomic E-state index is 0.0628. The van der Waals surface area contributed by atoms with Crippen molar-refractivity contribution in [3.8, 4) is 22.8 Å². The summed E-state index contributed by atoms with van der Waals surface area (Å²) in [5.74, 6) is 1.46. The van der Waals surface area contributed by atoms with Gasteiger partial charge in [-0.05, 0) is 44.4 Å². The molecule has 0 spiro atoms. The van der Waals surface area contributed by atoms with E-state index in [2.05, 4.69) is 5.10 Å². The van der Waals surface area contributed by atoms with E-state index in [0.29, 0.717) is 18.0 Å². The average molecular weight is 343 g/mol. The van der Waals surface area contributed by atoms with Gasteiger partial charge in [0.15, 0.2) is 0 Å². The summed E-state index contributed by atoms with van der Waals surface area (Å²) in [6.45, 7) is 4.30. The predicted octanol–water partition coefficient (Wildman–Crippen LogP) is 3.21. The van der Waals surface area contributed by atoms with Crippen molar-refractivity contribution in [2.75, 3.05) is 27.3 Å². The van der Waals surface area contributed by atoms with Gasteiger partial charge >= 0.3 is 0 Å². The molecule has 6 heteroatoms. The van der Waals surface area contributed by atoms with Gasteiger partial charge in [-0.2, -0.15) is 5.10 Å². The van der Waals surface area contributed by atoms with Crippen molar-refractivity contribution in [3.63, 3.8) is 0 Å². The molecule has 1 amide bonds. The first-order valence-electron chi connectivity index (χ1n) is 8.77. The second-order valence-electron chi connectivity index (χ2n) is 6.15. The van der Waals surface area contributed by atoms with Crippen LogP contribution in [0.1, 0.15) is 36.7 Å². The third-order valence-electron chi connectivity index (χ3n) is 4.63. The third-order valence-corrected chi connectivity index (χ3v) is 4.63. The van der Waals surface area contributed by atoms with Gasteiger partial charge < -0.3 is 14.4 Å². The smallest absolute Gasteiger partial charge is 0.272 e. The lowest BCUT2D eigenvalue weighted by molar-refractivity contribution is 0.0712. The highest BCUT2D eigenvalue weighted by atomic mass is 16.5. The Balaban J connectivity index is 1.96. The van der Waals surface area contributed by atoms with E-state index in [9.17, 15) is 4.79 Å². The number of aryl methyl sites for hydroxylation is 1. The van der Waals surface area contributed by atoms with Crippen LogP contribution < -0.4 is 9.47 Å². The highest BCUT2D eigenvalue weighted by Crippen LogP contribution is 2.33. The Bertz CT molecular complexity index is 748. The Morgan fingerprint density at radius 1 is 1.12 bits per heavy atom. The minimum Gasteiger partial charge on any atom is -0.497 e. The summed E-state index contributed by atoms with van der Waals surface area (Å²) < 4.78 is 12.5. The zero-order valence-corrected chi connectivity index (χ0v) is 15.1. The average Bonchev–Trinajstić information content (AvgIpc) is 3.11. The molecule has 0 saturated carbocycles. The molecule has 0 N–H and O–H groups in total. The number of hydrogen-bond donors (Lipinski definition) is 0. The molecule has 1 aromatic heterocycles. The van der Waals surface area contributed by atoms with Gasteiger partial charge in [-0.15, -0.1) is 0 Å². The number of likely N-dealkylation sites (tertiary alicyclic amines) is 1. The van der Waals surface area contributed by atoms with E-state index in [-0.39, 0.29) is 5.91 Å². The highest BCUT2D eigenvalue weighted by molar-refractivity contribution is 5.94. The maximum Gasteiger partial charge on any atom is 0.272 e. The lowest BCUT2D eigenvalue weighted by Crippen LogP contribution is -2.36. The number of carbonyl (C=O) groups excluding carboxylic acids is 1. The highest BCUT2D eigenvalue weighted by Gasteiger charge is 2.23. The molecular formula is C19H25N3O3. The third kappa shape index (κ3) is 3.48. The van der Waals surface area contributed by atoms with Crippen LogP contribution in [0.25, 0.3) is 11.3 Å². The van der Waals surface area contributed by atoms with Crippen LogP contribution in [0.3, 0.4) is 0 Å². The molecule has 1 aromatic carbocycles. The number of ether oxygens (including phenoxy) is 2. The summed E-state index contributed by atoms with van der Waals surface area (Å²) in [6, 6.07) is 7.47.